The molecule has 2 aromatic rings. The van der Waals surface area contributed by atoms with Gasteiger partial charge in [0.2, 0.25) is 5.78 Å². The Kier molecular flexibility index (Phi) is 2.06. The van der Waals surface area contributed by atoms with Crippen LogP contribution < -0.4 is 0 Å². The van der Waals surface area contributed by atoms with Crippen LogP contribution in [0.1, 0.15) is 16.1 Å². The summed E-state index contributed by atoms with van der Waals surface area (Å²) in [5, 5.41) is 0. The Morgan fingerprint density at radius 3 is 2.64 bits per heavy atom. The van der Waals surface area contributed by atoms with Gasteiger partial charge in [0.15, 0.2) is 0 Å². The van der Waals surface area contributed by atoms with E-state index in [0.717, 1.165) is 0 Å². The molecule has 14 heavy (non-hydrogen) atoms. The van der Waals surface area contributed by atoms with E-state index in [0.29, 0.717) is 11.3 Å². The molecule has 0 N–H and O–H groups in total. The molecule has 5 nitrogen and oxygen atoms in total. The number of aromatic nitrogens is 4. The zero-order valence-corrected chi connectivity index (χ0v) is 7.58. The number of carbonyl (C=O) groups is 1. The lowest BCUT2D eigenvalue weighted by Gasteiger charge is -1.93. The van der Waals surface area contributed by atoms with Crippen molar-refractivity contribution in [3.8, 4) is 0 Å². The van der Waals surface area contributed by atoms with Crippen molar-refractivity contribution in [3.63, 3.8) is 0 Å². The molecule has 2 aromatic heterocycles. The van der Waals surface area contributed by atoms with E-state index in [9.17, 15) is 4.79 Å². The Morgan fingerprint density at radius 1 is 1.36 bits per heavy atom. The Bertz CT molecular complexity index is 449. The van der Waals surface area contributed by atoms with Gasteiger partial charge in [-0.2, -0.15) is 0 Å². The molecule has 0 aliphatic carbocycles. The van der Waals surface area contributed by atoms with Crippen LogP contribution in [0.2, 0.25) is 0 Å². The number of nitrogens with zero attached hydrogens (tertiary/aromatic N) is 4. The number of rotatable bonds is 2. The molecule has 0 radical (unpaired) electrons. The minimum absolute atomic E-state index is 0.161. The van der Waals surface area contributed by atoms with Crippen LogP contribution in [-0.2, 0) is 7.05 Å². The molecule has 0 fully saturated rings. The first-order valence-electron chi connectivity index (χ1n) is 4.05. The van der Waals surface area contributed by atoms with Crippen molar-refractivity contribution in [2.24, 2.45) is 7.05 Å². The molecule has 0 saturated heterocycles. The third-order valence-electron chi connectivity index (χ3n) is 1.76. The van der Waals surface area contributed by atoms with Crippen LogP contribution in [-0.4, -0.2) is 25.3 Å². The molecule has 0 aliphatic rings. The van der Waals surface area contributed by atoms with E-state index in [2.05, 4.69) is 15.0 Å². The summed E-state index contributed by atoms with van der Waals surface area (Å²) >= 11 is 0. The van der Waals surface area contributed by atoms with Crippen LogP contribution in [0.3, 0.4) is 0 Å². The monoisotopic (exact) mass is 188 g/mol. The first-order chi connectivity index (χ1) is 6.77. The van der Waals surface area contributed by atoms with Crippen LogP contribution in [0.15, 0.2) is 31.2 Å². The lowest BCUT2D eigenvalue weighted by Crippen LogP contribution is -2.02. The third kappa shape index (κ3) is 1.52. The fraction of sp³-hybridized carbons (Fsp3) is 0.111. The summed E-state index contributed by atoms with van der Waals surface area (Å²) in [4.78, 5) is 23.2. The predicted octanol–water partition coefficient (Wildman–Crippen LogP) is 0.441. The van der Waals surface area contributed by atoms with Gasteiger partial charge in [0.05, 0.1) is 11.9 Å². The first-order valence-corrected chi connectivity index (χ1v) is 4.05. The van der Waals surface area contributed by atoms with Crippen LogP contribution >= 0.6 is 0 Å². The zero-order chi connectivity index (χ0) is 9.97. The van der Waals surface area contributed by atoms with Gasteiger partial charge in [-0.1, -0.05) is 0 Å². The second kappa shape index (κ2) is 3.37. The Hall–Kier alpha value is -2.04. The van der Waals surface area contributed by atoms with E-state index < -0.39 is 0 Å². The number of ketones is 1. The summed E-state index contributed by atoms with van der Waals surface area (Å²) < 4.78 is 1.72. The highest BCUT2D eigenvalue weighted by Gasteiger charge is 2.11. The van der Waals surface area contributed by atoms with E-state index >= 15 is 0 Å². The average Bonchev–Trinajstić information content (AvgIpc) is 2.65. The predicted molar refractivity (Wildman–Crippen MR) is 48.7 cm³/mol. The lowest BCUT2D eigenvalue weighted by molar-refractivity contribution is 0.103. The molecule has 0 spiro atoms. The lowest BCUT2D eigenvalue weighted by atomic mass is 10.2. The number of hydrogen-bond acceptors (Lipinski definition) is 4. The highest BCUT2D eigenvalue weighted by Crippen LogP contribution is 2.04. The van der Waals surface area contributed by atoms with Crippen molar-refractivity contribution < 1.29 is 4.79 Å². The van der Waals surface area contributed by atoms with Gasteiger partial charge >= 0.3 is 0 Å². The topological polar surface area (TPSA) is 60.7 Å². The van der Waals surface area contributed by atoms with Gasteiger partial charge in [0.25, 0.3) is 0 Å². The van der Waals surface area contributed by atoms with E-state index in [-0.39, 0.29) is 5.78 Å². The summed E-state index contributed by atoms with van der Waals surface area (Å²) in [6.07, 6.45) is 7.58. The molecule has 0 aliphatic heterocycles. The minimum Gasteiger partial charge on any atom is -0.340 e. The molecule has 0 aromatic carbocycles. The van der Waals surface area contributed by atoms with Gasteiger partial charge in [0.1, 0.15) is 12.0 Å². The van der Waals surface area contributed by atoms with Crippen molar-refractivity contribution in [2.45, 2.75) is 0 Å². The molecule has 0 saturated carbocycles. The quantitative estimate of drug-likeness (QED) is 0.641. The van der Waals surface area contributed by atoms with E-state index in [4.69, 9.17) is 0 Å². The Balaban J connectivity index is 2.34. The number of hydrogen-bond donors (Lipinski definition) is 0. The maximum atomic E-state index is 11.7. The summed E-state index contributed by atoms with van der Waals surface area (Å²) in [6, 6.07) is 0. The molecule has 2 heterocycles. The van der Waals surface area contributed by atoms with E-state index in [1.807, 2.05) is 7.05 Å². The molecular weight excluding hydrogens is 180 g/mol. The fourth-order valence-corrected chi connectivity index (χ4v) is 1.09. The third-order valence-corrected chi connectivity index (χ3v) is 1.76. The highest BCUT2D eigenvalue weighted by atomic mass is 16.1. The second-order valence-corrected chi connectivity index (χ2v) is 2.88. The van der Waals surface area contributed by atoms with Crippen LogP contribution in [0.25, 0.3) is 0 Å². The smallest absolute Gasteiger partial charge is 0.216 e. The molecule has 0 atom stereocenters. The number of carbonyl (C=O) groups excluding carboxylic acids is 1. The molecule has 5 heteroatoms. The van der Waals surface area contributed by atoms with Gasteiger partial charge in [-0.05, 0) is 0 Å². The maximum Gasteiger partial charge on any atom is 0.216 e. The fourth-order valence-electron chi connectivity index (χ4n) is 1.09. The maximum absolute atomic E-state index is 11.7. The van der Waals surface area contributed by atoms with Gasteiger partial charge in [0, 0.05) is 25.6 Å². The van der Waals surface area contributed by atoms with Crippen molar-refractivity contribution in [3.05, 3.63) is 42.5 Å². The molecule has 0 bridgehead atoms. The minimum atomic E-state index is -0.161. The van der Waals surface area contributed by atoms with Gasteiger partial charge in [-0.25, -0.2) is 15.0 Å². The average molecular weight is 188 g/mol. The molecule has 0 amide bonds. The van der Waals surface area contributed by atoms with E-state index in [1.54, 1.807) is 17.1 Å². The zero-order valence-electron chi connectivity index (χ0n) is 7.58. The van der Waals surface area contributed by atoms with Crippen LogP contribution in [0.5, 0.6) is 0 Å². The molecular formula is C9H8N4O. The molecule has 70 valence electrons. The first kappa shape index (κ1) is 8.55. The standard InChI is InChI=1S/C9H8N4O/c1-13-4-8(12-6-13)9(14)7-2-10-5-11-3-7/h2-6H,1H3. The Labute approximate surface area is 80.5 Å². The van der Waals surface area contributed by atoms with Crippen molar-refractivity contribution in [2.75, 3.05) is 0 Å². The van der Waals surface area contributed by atoms with Crippen molar-refractivity contribution in [1.82, 2.24) is 19.5 Å². The normalized spacial score (nSPS) is 10.1. The van der Waals surface area contributed by atoms with Crippen LogP contribution in [0, 0.1) is 0 Å². The van der Waals surface area contributed by atoms with Gasteiger partial charge in [-0.3, -0.25) is 4.79 Å². The Morgan fingerprint density at radius 2 is 2.07 bits per heavy atom. The number of imidazole rings is 1. The number of aryl methyl sites for hydroxylation is 1. The van der Waals surface area contributed by atoms with Gasteiger partial charge < -0.3 is 4.57 Å². The highest BCUT2D eigenvalue weighted by molar-refractivity contribution is 6.07. The summed E-state index contributed by atoms with van der Waals surface area (Å²) in [5.74, 6) is -0.161. The SMILES string of the molecule is Cn1cnc(C(=O)c2cncnc2)c1. The van der Waals surface area contributed by atoms with Crippen molar-refractivity contribution in [1.29, 1.82) is 0 Å². The summed E-state index contributed by atoms with van der Waals surface area (Å²) in [7, 11) is 1.81. The molecule has 0 unspecified atom stereocenters. The van der Waals surface area contributed by atoms with Crippen LogP contribution in [0.4, 0.5) is 0 Å². The van der Waals surface area contributed by atoms with Gasteiger partial charge in [-0.15, -0.1) is 0 Å². The largest absolute Gasteiger partial charge is 0.340 e. The van der Waals surface area contributed by atoms with E-state index in [1.165, 1.54) is 18.7 Å². The molecule has 2 rings (SSSR count). The van der Waals surface area contributed by atoms with Crippen molar-refractivity contribution >= 4 is 5.78 Å². The summed E-state index contributed by atoms with van der Waals surface area (Å²) in [6.45, 7) is 0. The second-order valence-electron chi connectivity index (χ2n) is 2.88. The summed E-state index contributed by atoms with van der Waals surface area (Å²) in [5.41, 5.74) is 0.855.